The molecule has 2 heterocycles. The van der Waals surface area contributed by atoms with E-state index in [-0.39, 0.29) is 11.4 Å². The summed E-state index contributed by atoms with van der Waals surface area (Å²) in [5, 5.41) is 0. The maximum Gasteiger partial charge on any atom is 0.416 e. The third-order valence-electron chi connectivity index (χ3n) is 5.51. The number of aromatic amines is 1. The first-order valence-electron chi connectivity index (χ1n) is 9.76. The standard InChI is InChI=1S/C21H23F3N4O2/c1-30-17-13-15(21(22,23)24)12-16(14-17)27-9-6-26(7-10-27)8-11-28-19-5-3-2-4-18(19)25-20(28)29/h2-5,12-14H,6-11H2,1H3,(H,25,29). The second kappa shape index (κ2) is 8.06. The van der Waals surface area contributed by atoms with Gasteiger partial charge in [-0.3, -0.25) is 9.47 Å². The molecular weight excluding hydrogens is 397 g/mol. The highest BCUT2D eigenvalue weighted by Gasteiger charge is 2.32. The molecule has 0 atom stereocenters. The molecule has 0 unspecified atom stereocenters. The van der Waals surface area contributed by atoms with Gasteiger partial charge in [0.05, 0.1) is 23.7 Å². The molecule has 3 aromatic rings. The third-order valence-corrected chi connectivity index (χ3v) is 5.51. The predicted octanol–water partition coefficient (Wildman–Crippen LogP) is 3.18. The number of H-pyrrole nitrogens is 1. The number of fused-ring (bicyclic) bond motifs is 1. The van der Waals surface area contributed by atoms with Gasteiger partial charge in [0.1, 0.15) is 5.75 Å². The minimum atomic E-state index is -4.42. The van der Waals surface area contributed by atoms with E-state index < -0.39 is 11.7 Å². The number of aromatic nitrogens is 2. The Kier molecular flexibility index (Phi) is 5.46. The molecule has 1 aliphatic rings. The minimum absolute atomic E-state index is 0.133. The number of anilines is 1. The van der Waals surface area contributed by atoms with Gasteiger partial charge in [-0.05, 0) is 24.3 Å². The molecule has 0 saturated carbocycles. The van der Waals surface area contributed by atoms with Crippen LogP contribution in [0.3, 0.4) is 0 Å². The second-order valence-corrected chi connectivity index (χ2v) is 7.35. The van der Waals surface area contributed by atoms with Gasteiger partial charge in [0.25, 0.3) is 0 Å². The third kappa shape index (κ3) is 4.16. The number of alkyl halides is 3. The fourth-order valence-corrected chi connectivity index (χ4v) is 3.85. The number of imidazole rings is 1. The Balaban J connectivity index is 1.41. The molecule has 160 valence electrons. The average molecular weight is 420 g/mol. The Morgan fingerprint density at radius 2 is 1.77 bits per heavy atom. The van der Waals surface area contributed by atoms with Crippen molar-refractivity contribution in [3.63, 3.8) is 0 Å². The zero-order chi connectivity index (χ0) is 21.3. The molecule has 0 amide bonds. The summed E-state index contributed by atoms with van der Waals surface area (Å²) in [5.41, 5.74) is 1.35. The van der Waals surface area contributed by atoms with E-state index in [0.717, 1.165) is 17.1 Å². The van der Waals surface area contributed by atoms with Crippen LogP contribution in [0.25, 0.3) is 11.0 Å². The quantitative estimate of drug-likeness (QED) is 0.689. The van der Waals surface area contributed by atoms with Crippen LogP contribution in [0.15, 0.2) is 47.3 Å². The zero-order valence-corrected chi connectivity index (χ0v) is 16.6. The molecule has 0 aliphatic carbocycles. The van der Waals surface area contributed by atoms with E-state index in [0.29, 0.717) is 45.0 Å². The number of halogens is 3. The number of benzene rings is 2. The first-order chi connectivity index (χ1) is 14.3. The molecule has 1 aromatic heterocycles. The maximum absolute atomic E-state index is 13.2. The average Bonchev–Trinajstić information content (AvgIpc) is 3.06. The molecule has 0 radical (unpaired) electrons. The summed E-state index contributed by atoms with van der Waals surface area (Å²) in [6.45, 7) is 3.87. The number of ether oxygens (including phenoxy) is 1. The van der Waals surface area contributed by atoms with Crippen molar-refractivity contribution in [2.45, 2.75) is 12.7 Å². The van der Waals surface area contributed by atoms with Gasteiger partial charge in [-0.2, -0.15) is 13.2 Å². The van der Waals surface area contributed by atoms with Gasteiger partial charge in [0.15, 0.2) is 0 Å². The molecular formula is C21H23F3N4O2. The van der Waals surface area contributed by atoms with Crippen LogP contribution in [0.4, 0.5) is 18.9 Å². The van der Waals surface area contributed by atoms with Crippen LogP contribution in [-0.4, -0.2) is 54.3 Å². The van der Waals surface area contributed by atoms with E-state index in [1.54, 1.807) is 10.6 Å². The Labute approximate surface area is 171 Å². The molecule has 1 saturated heterocycles. The van der Waals surface area contributed by atoms with Gasteiger partial charge >= 0.3 is 11.9 Å². The molecule has 1 aliphatic heterocycles. The zero-order valence-electron chi connectivity index (χ0n) is 16.6. The highest BCUT2D eigenvalue weighted by atomic mass is 19.4. The number of hydrogen-bond donors (Lipinski definition) is 1. The largest absolute Gasteiger partial charge is 0.497 e. The monoisotopic (exact) mass is 420 g/mol. The second-order valence-electron chi connectivity index (χ2n) is 7.35. The van der Waals surface area contributed by atoms with Crippen molar-refractivity contribution in [3.05, 3.63) is 58.5 Å². The van der Waals surface area contributed by atoms with Crippen molar-refractivity contribution in [3.8, 4) is 5.75 Å². The van der Waals surface area contributed by atoms with Crippen molar-refractivity contribution < 1.29 is 17.9 Å². The lowest BCUT2D eigenvalue weighted by atomic mass is 10.1. The summed E-state index contributed by atoms with van der Waals surface area (Å²) in [6, 6.07) is 11.4. The van der Waals surface area contributed by atoms with Crippen molar-refractivity contribution in [1.82, 2.24) is 14.5 Å². The first-order valence-corrected chi connectivity index (χ1v) is 9.76. The summed E-state index contributed by atoms with van der Waals surface area (Å²) in [6.07, 6.45) is -4.42. The fraction of sp³-hybridized carbons (Fsp3) is 0.381. The summed E-state index contributed by atoms with van der Waals surface area (Å²) in [4.78, 5) is 19.2. The van der Waals surface area contributed by atoms with Crippen molar-refractivity contribution in [2.75, 3.05) is 44.7 Å². The van der Waals surface area contributed by atoms with E-state index in [1.807, 2.05) is 29.2 Å². The van der Waals surface area contributed by atoms with Crippen LogP contribution in [0.5, 0.6) is 5.75 Å². The normalized spacial score (nSPS) is 15.7. The predicted molar refractivity (Wildman–Crippen MR) is 109 cm³/mol. The van der Waals surface area contributed by atoms with E-state index in [2.05, 4.69) is 9.88 Å². The molecule has 6 nitrogen and oxygen atoms in total. The van der Waals surface area contributed by atoms with E-state index >= 15 is 0 Å². The van der Waals surface area contributed by atoms with Crippen LogP contribution in [0.2, 0.25) is 0 Å². The molecule has 0 spiro atoms. The van der Waals surface area contributed by atoms with Gasteiger partial charge in [-0.1, -0.05) is 12.1 Å². The summed E-state index contributed by atoms with van der Waals surface area (Å²) >= 11 is 0. The molecule has 0 bridgehead atoms. The molecule has 2 aromatic carbocycles. The van der Waals surface area contributed by atoms with Crippen LogP contribution < -0.4 is 15.3 Å². The number of nitrogens with one attached hydrogen (secondary N) is 1. The minimum Gasteiger partial charge on any atom is -0.497 e. The number of para-hydroxylation sites is 2. The van der Waals surface area contributed by atoms with Gasteiger partial charge in [0.2, 0.25) is 0 Å². The number of hydrogen-bond acceptors (Lipinski definition) is 4. The number of piperazine rings is 1. The number of rotatable bonds is 5. The van der Waals surface area contributed by atoms with Crippen LogP contribution in [0.1, 0.15) is 5.56 Å². The highest BCUT2D eigenvalue weighted by molar-refractivity contribution is 5.74. The van der Waals surface area contributed by atoms with Crippen LogP contribution in [0, 0.1) is 0 Å². The molecule has 1 fully saturated rings. The maximum atomic E-state index is 13.2. The molecule has 30 heavy (non-hydrogen) atoms. The van der Waals surface area contributed by atoms with Crippen molar-refractivity contribution in [2.24, 2.45) is 0 Å². The van der Waals surface area contributed by atoms with Crippen LogP contribution >= 0.6 is 0 Å². The smallest absolute Gasteiger partial charge is 0.416 e. The Morgan fingerprint density at radius 1 is 1.03 bits per heavy atom. The summed E-state index contributed by atoms with van der Waals surface area (Å²) in [5.74, 6) is 0.195. The lowest BCUT2D eigenvalue weighted by molar-refractivity contribution is -0.137. The van der Waals surface area contributed by atoms with Gasteiger partial charge < -0.3 is 14.6 Å². The first kappa shape index (κ1) is 20.3. The lowest BCUT2D eigenvalue weighted by Crippen LogP contribution is -2.47. The Bertz CT molecular complexity index is 1080. The molecule has 4 rings (SSSR count). The molecule has 9 heteroatoms. The fourth-order valence-electron chi connectivity index (χ4n) is 3.85. The van der Waals surface area contributed by atoms with E-state index in [1.165, 1.54) is 13.2 Å². The Hall–Kier alpha value is -2.94. The summed E-state index contributed by atoms with van der Waals surface area (Å²) < 4.78 is 46.3. The summed E-state index contributed by atoms with van der Waals surface area (Å²) in [7, 11) is 1.36. The van der Waals surface area contributed by atoms with Crippen LogP contribution in [-0.2, 0) is 12.7 Å². The van der Waals surface area contributed by atoms with E-state index in [4.69, 9.17) is 4.74 Å². The lowest BCUT2D eigenvalue weighted by Gasteiger charge is -2.36. The number of nitrogens with zero attached hydrogens (tertiary/aromatic N) is 3. The Morgan fingerprint density at radius 3 is 2.47 bits per heavy atom. The van der Waals surface area contributed by atoms with E-state index in [9.17, 15) is 18.0 Å². The topological polar surface area (TPSA) is 53.5 Å². The highest BCUT2D eigenvalue weighted by Crippen LogP contribution is 2.35. The van der Waals surface area contributed by atoms with Gasteiger partial charge in [-0.25, -0.2) is 4.79 Å². The molecule has 1 N–H and O–H groups in total. The van der Waals surface area contributed by atoms with Gasteiger partial charge in [0, 0.05) is 51.0 Å². The van der Waals surface area contributed by atoms with Crippen molar-refractivity contribution >= 4 is 16.7 Å². The van der Waals surface area contributed by atoms with Gasteiger partial charge in [-0.15, -0.1) is 0 Å². The SMILES string of the molecule is COc1cc(N2CCN(CCn3c(=O)[nH]c4ccccc43)CC2)cc(C(F)(F)F)c1. The number of methoxy groups -OCH3 is 1. The van der Waals surface area contributed by atoms with Crippen molar-refractivity contribution in [1.29, 1.82) is 0 Å².